The normalized spacial score (nSPS) is 10.9. The number of nitrogens with two attached hydrogens (primary N) is 1. The summed E-state index contributed by atoms with van der Waals surface area (Å²) in [6, 6.07) is 10.3. The zero-order chi connectivity index (χ0) is 14.1. The summed E-state index contributed by atoms with van der Waals surface area (Å²) in [6.07, 6.45) is 5.79. The first-order valence-corrected chi connectivity index (χ1v) is 7.56. The van der Waals surface area contributed by atoms with Crippen LogP contribution in [0, 0.1) is 6.92 Å². The van der Waals surface area contributed by atoms with E-state index in [1.807, 2.05) is 24.7 Å². The third-order valence-electron chi connectivity index (χ3n) is 3.35. The molecule has 0 unspecified atom stereocenters. The molecule has 2 heterocycles. The van der Waals surface area contributed by atoms with Crippen molar-refractivity contribution in [1.29, 1.82) is 0 Å². The number of anilines is 1. The van der Waals surface area contributed by atoms with Crippen molar-refractivity contribution in [3.63, 3.8) is 0 Å². The first kappa shape index (κ1) is 12.9. The summed E-state index contributed by atoms with van der Waals surface area (Å²) in [7, 11) is 0. The highest BCUT2D eigenvalue weighted by molar-refractivity contribution is 7.98. The fourth-order valence-electron chi connectivity index (χ4n) is 2.27. The summed E-state index contributed by atoms with van der Waals surface area (Å²) in [6.45, 7) is 2.11. The summed E-state index contributed by atoms with van der Waals surface area (Å²) < 4.78 is 0. The van der Waals surface area contributed by atoms with E-state index in [4.69, 9.17) is 5.73 Å². The number of thioether (sulfide) groups is 1. The Kier molecular flexibility index (Phi) is 3.32. The highest BCUT2D eigenvalue weighted by Gasteiger charge is 2.05. The maximum absolute atomic E-state index is 5.71. The molecule has 3 rings (SSSR count). The summed E-state index contributed by atoms with van der Waals surface area (Å²) in [4.78, 5) is 8.61. The van der Waals surface area contributed by atoms with Gasteiger partial charge in [0.1, 0.15) is 5.82 Å². The molecular weight excluding hydrogens is 266 g/mol. The third kappa shape index (κ3) is 2.34. The largest absolute Gasteiger partial charge is 0.384 e. The Bertz CT molecular complexity index is 784. The molecule has 0 aliphatic heterocycles. The maximum Gasteiger partial charge on any atom is 0.123 e. The Hall–Kier alpha value is -2.07. The highest BCUT2D eigenvalue weighted by Crippen LogP contribution is 2.28. The van der Waals surface area contributed by atoms with Crippen LogP contribution in [-0.4, -0.2) is 16.2 Å². The van der Waals surface area contributed by atoms with Gasteiger partial charge in [-0.15, -0.1) is 11.8 Å². The van der Waals surface area contributed by atoms with Gasteiger partial charge in [-0.3, -0.25) is 0 Å². The standard InChI is InChI=1S/C16H15N3S/c1-10-5-16(20-2)19-9-14(10)12-4-3-11-7-15(17)18-8-13(11)6-12/h3-9H,1-2H3,(H2,17,18). The van der Waals surface area contributed by atoms with Crippen LogP contribution < -0.4 is 5.73 Å². The highest BCUT2D eigenvalue weighted by atomic mass is 32.2. The molecule has 3 aromatic rings. The topological polar surface area (TPSA) is 51.8 Å². The van der Waals surface area contributed by atoms with E-state index in [9.17, 15) is 0 Å². The third-order valence-corrected chi connectivity index (χ3v) is 3.99. The lowest BCUT2D eigenvalue weighted by atomic mass is 10.0. The van der Waals surface area contributed by atoms with Crippen molar-refractivity contribution < 1.29 is 0 Å². The molecule has 2 N–H and O–H groups in total. The Labute approximate surface area is 122 Å². The summed E-state index contributed by atoms with van der Waals surface area (Å²) in [5, 5.41) is 3.24. The summed E-state index contributed by atoms with van der Waals surface area (Å²) in [5.41, 5.74) is 9.24. The first-order valence-electron chi connectivity index (χ1n) is 6.33. The molecular formula is C16H15N3S. The number of pyridine rings is 2. The van der Waals surface area contributed by atoms with Crippen molar-refractivity contribution in [2.75, 3.05) is 12.0 Å². The van der Waals surface area contributed by atoms with Crippen LogP contribution in [0.25, 0.3) is 21.9 Å². The molecule has 0 aliphatic carbocycles. The van der Waals surface area contributed by atoms with E-state index < -0.39 is 0 Å². The summed E-state index contributed by atoms with van der Waals surface area (Å²) >= 11 is 1.66. The fourth-order valence-corrected chi connectivity index (χ4v) is 2.72. The van der Waals surface area contributed by atoms with Crippen LogP contribution in [0.3, 0.4) is 0 Å². The lowest BCUT2D eigenvalue weighted by molar-refractivity contribution is 1.12. The van der Waals surface area contributed by atoms with Crippen LogP contribution in [0.1, 0.15) is 5.56 Å². The van der Waals surface area contributed by atoms with Crippen molar-refractivity contribution in [3.8, 4) is 11.1 Å². The lowest BCUT2D eigenvalue weighted by Crippen LogP contribution is -1.90. The number of nitrogen functional groups attached to an aromatic ring is 1. The number of rotatable bonds is 2. The molecule has 0 bridgehead atoms. The molecule has 0 atom stereocenters. The van der Waals surface area contributed by atoms with Crippen molar-refractivity contribution in [2.24, 2.45) is 0 Å². The van der Waals surface area contributed by atoms with Crippen molar-refractivity contribution in [3.05, 3.63) is 48.3 Å². The number of fused-ring (bicyclic) bond motifs is 1. The predicted octanol–water partition coefficient (Wildman–Crippen LogP) is 3.91. The van der Waals surface area contributed by atoms with Gasteiger partial charge in [0, 0.05) is 23.3 Å². The Morgan fingerprint density at radius 1 is 1.00 bits per heavy atom. The number of aromatic nitrogens is 2. The fraction of sp³-hybridized carbons (Fsp3) is 0.125. The van der Waals surface area contributed by atoms with E-state index in [1.165, 1.54) is 5.56 Å². The number of hydrogen-bond acceptors (Lipinski definition) is 4. The van der Waals surface area contributed by atoms with Gasteiger partial charge in [-0.05, 0) is 47.9 Å². The number of benzene rings is 1. The van der Waals surface area contributed by atoms with Gasteiger partial charge in [0.25, 0.3) is 0 Å². The van der Waals surface area contributed by atoms with E-state index >= 15 is 0 Å². The molecule has 2 aromatic heterocycles. The first-order chi connectivity index (χ1) is 9.67. The minimum absolute atomic E-state index is 0.549. The monoisotopic (exact) mass is 281 g/mol. The maximum atomic E-state index is 5.71. The number of nitrogens with zero attached hydrogens (tertiary/aromatic N) is 2. The molecule has 100 valence electrons. The van der Waals surface area contributed by atoms with Gasteiger partial charge in [0.05, 0.1) is 5.03 Å². The van der Waals surface area contributed by atoms with E-state index in [0.717, 1.165) is 26.9 Å². The van der Waals surface area contributed by atoms with E-state index in [-0.39, 0.29) is 0 Å². The van der Waals surface area contributed by atoms with Gasteiger partial charge < -0.3 is 5.73 Å². The molecule has 0 spiro atoms. The lowest BCUT2D eigenvalue weighted by Gasteiger charge is -2.08. The van der Waals surface area contributed by atoms with Crippen LogP contribution in [0.2, 0.25) is 0 Å². The quantitative estimate of drug-likeness (QED) is 0.724. The van der Waals surface area contributed by atoms with Crippen LogP contribution in [-0.2, 0) is 0 Å². The van der Waals surface area contributed by atoms with Crippen LogP contribution in [0.15, 0.2) is 47.8 Å². The molecule has 0 saturated heterocycles. The smallest absolute Gasteiger partial charge is 0.123 e. The SMILES string of the molecule is CSc1cc(C)c(-c2ccc3cc(N)ncc3c2)cn1. The van der Waals surface area contributed by atoms with Gasteiger partial charge in [-0.25, -0.2) is 9.97 Å². The van der Waals surface area contributed by atoms with Crippen molar-refractivity contribution in [2.45, 2.75) is 11.9 Å². The van der Waals surface area contributed by atoms with Crippen molar-refractivity contribution >= 4 is 28.4 Å². The molecule has 0 fully saturated rings. The number of aryl methyl sites for hydroxylation is 1. The second kappa shape index (κ2) is 5.13. The minimum Gasteiger partial charge on any atom is -0.384 e. The minimum atomic E-state index is 0.549. The average Bonchev–Trinajstić information content (AvgIpc) is 2.46. The van der Waals surface area contributed by atoms with Gasteiger partial charge in [-0.1, -0.05) is 12.1 Å². The molecule has 0 aliphatic rings. The molecule has 0 radical (unpaired) electrons. The Morgan fingerprint density at radius 2 is 1.85 bits per heavy atom. The van der Waals surface area contributed by atoms with E-state index in [0.29, 0.717) is 5.82 Å². The van der Waals surface area contributed by atoms with Gasteiger partial charge in [0.15, 0.2) is 0 Å². The summed E-state index contributed by atoms with van der Waals surface area (Å²) in [5.74, 6) is 0.549. The van der Waals surface area contributed by atoms with Gasteiger partial charge >= 0.3 is 0 Å². The molecule has 4 heteroatoms. The zero-order valence-corrected chi connectivity index (χ0v) is 12.2. The van der Waals surface area contributed by atoms with Gasteiger partial charge in [0.2, 0.25) is 0 Å². The second-order valence-electron chi connectivity index (χ2n) is 4.71. The van der Waals surface area contributed by atoms with Crippen LogP contribution in [0.4, 0.5) is 5.82 Å². The molecule has 20 heavy (non-hydrogen) atoms. The van der Waals surface area contributed by atoms with E-state index in [1.54, 1.807) is 11.8 Å². The Morgan fingerprint density at radius 3 is 2.60 bits per heavy atom. The zero-order valence-electron chi connectivity index (χ0n) is 11.4. The van der Waals surface area contributed by atoms with Gasteiger partial charge in [-0.2, -0.15) is 0 Å². The molecule has 0 saturated carbocycles. The van der Waals surface area contributed by atoms with Crippen molar-refractivity contribution in [1.82, 2.24) is 9.97 Å². The average molecular weight is 281 g/mol. The molecule has 1 aromatic carbocycles. The molecule has 3 nitrogen and oxygen atoms in total. The van der Waals surface area contributed by atoms with Crippen LogP contribution >= 0.6 is 11.8 Å². The van der Waals surface area contributed by atoms with Crippen LogP contribution in [0.5, 0.6) is 0 Å². The second-order valence-corrected chi connectivity index (χ2v) is 5.54. The number of hydrogen-bond donors (Lipinski definition) is 1. The predicted molar refractivity (Wildman–Crippen MR) is 85.9 cm³/mol. The Balaban J connectivity index is 2.12. The van der Waals surface area contributed by atoms with E-state index in [2.05, 4.69) is 41.2 Å². The molecule has 0 amide bonds.